The van der Waals surface area contributed by atoms with Crippen molar-refractivity contribution in [2.75, 3.05) is 14.1 Å². The Morgan fingerprint density at radius 2 is 1.89 bits per heavy atom. The molecule has 10 heteroatoms. The van der Waals surface area contributed by atoms with Crippen LogP contribution in [0, 0.1) is 0 Å². The molecule has 1 unspecified atom stereocenters. The number of aromatic nitrogens is 3. The highest BCUT2D eigenvalue weighted by Crippen LogP contribution is 2.32. The number of halogens is 3. The monoisotopic (exact) mass is 280 g/mol. The van der Waals surface area contributed by atoms with E-state index in [2.05, 4.69) is 10.3 Å². The first-order valence-electron chi connectivity index (χ1n) is 5.04. The van der Waals surface area contributed by atoms with Gasteiger partial charge in [-0.2, -0.15) is 13.2 Å². The zero-order valence-corrected chi connectivity index (χ0v) is 10.3. The van der Waals surface area contributed by atoms with Gasteiger partial charge in [0, 0.05) is 14.1 Å². The molecular formula is C9H11F3N4O3. The number of carbonyl (C=O) groups is 2. The molecule has 1 aromatic rings. The number of hydrogen-bond donors (Lipinski definition) is 1. The lowest BCUT2D eigenvalue weighted by Gasteiger charge is -2.19. The molecule has 1 N–H and O–H groups in total. The summed E-state index contributed by atoms with van der Waals surface area (Å²) in [5.41, 5.74) is -2.78. The minimum absolute atomic E-state index is 0.270. The van der Waals surface area contributed by atoms with Crippen molar-refractivity contribution >= 4 is 11.9 Å². The Hall–Kier alpha value is -2.13. The second-order valence-corrected chi connectivity index (χ2v) is 3.94. The van der Waals surface area contributed by atoms with Crippen LogP contribution in [0.2, 0.25) is 0 Å². The van der Waals surface area contributed by atoms with Crippen molar-refractivity contribution in [2.24, 2.45) is 0 Å². The Morgan fingerprint density at radius 1 is 1.37 bits per heavy atom. The van der Waals surface area contributed by atoms with Crippen LogP contribution in [0.5, 0.6) is 0 Å². The van der Waals surface area contributed by atoms with E-state index in [4.69, 9.17) is 5.11 Å². The van der Waals surface area contributed by atoms with Crippen LogP contribution in [-0.4, -0.2) is 51.0 Å². The van der Waals surface area contributed by atoms with E-state index in [1.54, 1.807) is 0 Å². The lowest BCUT2D eigenvalue weighted by molar-refractivity contribution is -0.147. The molecule has 7 nitrogen and oxygen atoms in total. The first-order chi connectivity index (χ1) is 8.57. The van der Waals surface area contributed by atoms with Gasteiger partial charge < -0.3 is 10.0 Å². The van der Waals surface area contributed by atoms with Gasteiger partial charge in [0.25, 0.3) is 0 Å². The van der Waals surface area contributed by atoms with Gasteiger partial charge in [0.05, 0.1) is 0 Å². The van der Waals surface area contributed by atoms with Crippen LogP contribution in [-0.2, 0) is 11.0 Å². The number of amides is 1. The summed E-state index contributed by atoms with van der Waals surface area (Å²) in [6, 6.07) is -1.31. The maximum Gasteiger partial charge on any atom is 0.435 e. The first kappa shape index (κ1) is 14.9. The third-order valence-corrected chi connectivity index (χ3v) is 2.33. The molecule has 1 amide bonds. The summed E-state index contributed by atoms with van der Waals surface area (Å²) in [5.74, 6) is -2.52. The predicted molar refractivity (Wildman–Crippen MR) is 55.4 cm³/mol. The van der Waals surface area contributed by atoms with Crippen LogP contribution < -0.4 is 0 Å². The van der Waals surface area contributed by atoms with Crippen LogP contribution >= 0.6 is 0 Å². The number of aromatic carboxylic acids is 1. The van der Waals surface area contributed by atoms with Gasteiger partial charge in [0.1, 0.15) is 6.04 Å². The summed E-state index contributed by atoms with van der Waals surface area (Å²) in [6.07, 6.45) is -4.97. The first-order valence-corrected chi connectivity index (χ1v) is 5.04. The summed E-state index contributed by atoms with van der Waals surface area (Å²) < 4.78 is 38.8. The number of rotatable bonds is 3. The quantitative estimate of drug-likeness (QED) is 0.878. The Bertz CT molecular complexity index is 509. The number of carboxylic acids is 1. The summed E-state index contributed by atoms with van der Waals surface area (Å²) in [4.78, 5) is 23.4. The Morgan fingerprint density at radius 3 is 2.26 bits per heavy atom. The maximum atomic E-state index is 12.8. The molecule has 1 rings (SSSR count). The van der Waals surface area contributed by atoms with Crippen LogP contribution in [0.15, 0.2) is 0 Å². The SMILES string of the molecule is CC(C(=O)N(C)C)n1nnc(C(=O)O)c1C(F)(F)F. The van der Waals surface area contributed by atoms with Gasteiger partial charge in [-0.3, -0.25) is 4.79 Å². The van der Waals surface area contributed by atoms with Crippen molar-refractivity contribution < 1.29 is 27.9 Å². The third kappa shape index (κ3) is 2.83. The summed E-state index contributed by atoms with van der Waals surface area (Å²) >= 11 is 0. The minimum Gasteiger partial charge on any atom is -0.476 e. The Kier molecular flexibility index (Phi) is 3.82. The molecule has 0 aliphatic carbocycles. The minimum atomic E-state index is -4.97. The molecular weight excluding hydrogens is 269 g/mol. The van der Waals surface area contributed by atoms with E-state index >= 15 is 0 Å². The Labute approximate surface area is 105 Å². The maximum absolute atomic E-state index is 12.8. The molecule has 1 aromatic heterocycles. The van der Waals surface area contributed by atoms with Crippen molar-refractivity contribution in [1.82, 2.24) is 19.9 Å². The summed E-state index contributed by atoms with van der Waals surface area (Å²) in [5, 5.41) is 14.8. The van der Waals surface area contributed by atoms with E-state index in [1.807, 2.05) is 0 Å². The number of carboxylic acid groups (broad SMARTS) is 1. The summed E-state index contributed by atoms with van der Waals surface area (Å²) in [7, 11) is 2.72. The van der Waals surface area contributed by atoms with Gasteiger partial charge in [-0.15, -0.1) is 5.10 Å². The van der Waals surface area contributed by atoms with Crippen molar-refractivity contribution in [3.8, 4) is 0 Å². The Balaban J connectivity index is 3.38. The van der Waals surface area contributed by atoms with Crippen LogP contribution in [0.25, 0.3) is 0 Å². The standard InChI is InChI=1S/C9H11F3N4O3/c1-4(7(17)15(2)3)16-6(9(10,11)12)5(8(18)19)13-14-16/h4H,1-3H3,(H,18,19). The van der Waals surface area contributed by atoms with Crippen LogP contribution in [0.1, 0.15) is 29.1 Å². The van der Waals surface area contributed by atoms with Gasteiger partial charge in [0.15, 0.2) is 5.69 Å². The predicted octanol–water partition coefficient (Wildman–Crippen LogP) is 0.644. The highest BCUT2D eigenvalue weighted by Gasteiger charge is 2.43. The molecule has 106 valence electrons. The van der Waals surface area contributed by atoms with Gasteiger partial charge in [0.2, 0.25) is 11.6 Å². The van der Waals surface area contributed by atoms with E-state index in [-0.39, 0.29) is 4.68 Å². The topological polar surface area (TPSA) is 88.3 Å². The van der Waals surface area contributed by atoms with E-state index in [0.29, 0.717) is 0 Å². The highest BCUT2D eigenvalue weighted by atomic mass is 19.4. The van der Waals surface area contributed by atoms with E-state index in [1.165, 1.54) is 21.0 Å². The van der Waals surface area contributed by atoms with Gasteiger partial charge in [-0.25, -0.2) is 9.48 Å². The number of hydrogen-bond acceptors (Lipinski definition) is 4. The fraction of sp³-hybridized carbons (Fsp3) is 0.556. The van der Waals surface area contributed by atoms with E-state index < -0.39 is 35.5 Å². The molecule has 0 radical (unpaired) electrons. The van der Waals surface area contributed by atoms with Crippen molar-refractivity contribution in [3.05, 3.63) is 11.4 Å². The molecule has 0 spiro atoms. The molecule has 0 fully saturated rings. The molecule has 0 saturated carbocycles. The number of alkyl halides is 3. The molecule has 19 heavy (non-hydrogen) atoms. The number of likely N-dealkylation sites (N-methyl/N-ethyl adjacent to an activating group) is 1. The molecule has 0 saturated heterocycles. The van der Waals surface area contributed by atoms with Gasteiger partial charge in [-0.05, 0) is 6.92 Å². The van der Waals surface area contributed by atoms with E-state index in [0.717, 1.165) is 4.90 Å². The lowest BCUT2D eigenvalue weighted by atomic mass is 10.2. The zero-order chi connectivity index (χ0) is 15.0. The zero-order valence-electron chi connectivity index (χ0n) is 10.3. The van der Waals surface area contributed by atoms with Crippen molar-refractivity contribution in [1.29, 1.82) is 0 Å². The highest BCUT2D eigenvalue weighted by molar-refractivity contribution is 5.87. The largest absolute Gasteiger partial charge is 0.476 e. The molecule has 0 aliphatic heterocycles. The molecule has 0 aliphatic rings. The van der Waals surface area contributed by atoms with Crippen molar-refractivity contribution in [2.45, 2.75) is 19.1 Å². The third-order valence-electron chi connectivity index (χ3n) is 2.33. The lowest BCUT2D eigenvalue weighted by Crippen LogP contribution is -2.32. The van der Waals surface area contributed by atoms with E-state index in [9.17, 15) is 22.8 Å². The number of carbonyl (C=O) groups excluding carboxylic acids is 1. The number of nitrogens with zero attached hydrogens (tertiary/aromatic N) is 4. The van der Waals surface area contributed by atoms with Crippen LogP contribution in [0.3, 0.4) is 0 Å². The fourth-order valence-corrected chi connectivity index (χ4v) is 1.45. The smallest absolute Gasteiger partial charge is 0.435 e. The van der Waals surface area contributed by atoms with Crippen molar-refractivity contribution in [3.63, 3.8) is 0 Å². The fourth-order valence-electron chi connectivity index (χ4n) is 1.45. The average Bonchev–Trinajstić information content (AvgIpc) is 2.70. The van der Waals surface area contributed by atoms with Crippen LogP contribution in [0.4, 0.5) is 13.2 Å². The molecule has 1 atom stereocenters. The normalized spacial score (nSPS) is 13.2. The van der Waals surface area contributed by atoms with Gasteiger partial charge in [-0.1, -0.05) is 5.21 Å². The second kappa shape index (κ2) is 4.86. The molecule has 0 bridgehead atoms. The second-order valence-electron chi connectivity index (χ2n) is 3.94. The molecule has 0 aromatic carbocycles. The summed E-state index contributed by atoms with van der Waals surface area (Å²) in [6.45, 7) is 1.18. The average molecular weight is 280 g/mol. The molecule has 1 heterocycles. The van der Waals surface area contributed by atoms with Gasteiger partial charge >= 0.3 is 12.1 Å².